The zero-order chi connectivity index (χ0) is 16.3. The van der Waals surface area contributed by atoms with E-state index in [1.165, 1.54) is 0 Å². The van der Waals surface area contributed by atoms with Crippen LogP contribution in [0.4, 0.5) is 4.79 Å². The number of nitrogens with one attached hydrogen (secondary N) is 1. The van der Waals surface area contributed by atoms with Gasteiger partial charge >= 0.3 is 6.09 Å². The molecule has 1 aliphatic heterocycles. The predicted octanol–water partition coefficient (Wildman–Crippen LogP) is 2.69. The lowest BCUT2D eigenvalue weighted by atomic mass is 10.1. The summed E-state index contributed by atoms with van der Waals surface area (Å²) in [5.41, 5.74) is -0.560. The Labute approximate surface area is 140 Å². The first kappa shape index (κ1) is 16.2. The summed E-state index contributed by atoms with van der Waals surface area (Å²) in [6, 6.07) is -0.274. The van der Waals surface area contributed by atoms with E-state index >= 15 is 0 Å². The van der Waals surface area contributed by atoms with Crippen LogP contribution in [0.2, 0.25) is 0 Å². The topological polar surface area (TPSA) is 58.6 Å². The van der Waals surface area contributed by atoms with Gasteiger partial charge in [-0.05, 0) is 46.0 Å². The van der Waals surface area contributed by atoms with Gasteiger partial charge in [0.15, 0.2) is 0 Å². The molecule has 1 N–H and O–H groups in total. The molecule has 2 aliphatic carbocycles. The van der Waals surface area contributed by atoms with Crippen molar-refractivity contribution in [1.29, 1.82) is 0 Å². The summed E-state index contributed by atoms with van der Waals surface area (Å²) in [7, 11) is 0. The minimum atomic E-state index is -0.698. The summed E-state index contributed by atoms with van der Waals surface area (Å²) < 4.78 is 4.74. The molecule has 22 heavy (non-hydrogen) atoms. The Hall–Kier alpha value is -0.680. The van der Waals surface area contributed by atoms with E-state index in [0.29, 0.717) is 25.3 Å². The molecule has 7 heteroatoms. The van der Waals surface area contributed by atoms with Gasteiger partial charge in [0.1, 0.15) is 16.0 Å². The monoisotopic (exact) mass is 348 g/mol. The maximum atomic E-state index is 12.4. The highest BCUT2D eigenvalue weighted by Gasteiger charge is 2.57. The van der Waals surface area contributed by atoms with Crippen molar-refractivity contribution in [1.82, 2.24) is 10.2 Å². The summed E-state index contributed by atoms with van der Waals surface area (Å²) >= 11 is 11.9. The molecule has 3 rings (SSSR count). The summed E-state index contributed by atoms with van der Waals surface area (Å²) in [5, 5.41) is 2.87. The van der Waals surface area contributed by atoms with Crippen molar-refractivity contribution in [3.8, 4) is 0 Å². The van der Waals surface area contributed by atoms with Crippen LogP contribution in [-0.2, 0) is 9.53 Å². The van der Waals surface area contributed by atoms with Gasteiger partial charge < -0.3 is 10.1 Å². The van der Waals surface area contributed by atoms with Crippen molar-refractivity contribution in [2.24, 2.45) is 11.8 Å². The van der Waals surface area contributed by atoms with Gasteiger partial charge in [-0.3, -0.25) is 9.69 Å². The first-order chi connectivity index (χ1) is 10.1. The number of ether oxygens (including phenoxy) is 1. The summed E-state index contributed by atoms with van der Waals surface area (Å²) in [4.78, 5) is 26.4. The minimum absolute atomic E-state index is 0.102. The van der Waals surface area contributed by atoms with Crippen molar-refractivity contribution in [3.05, 3.63) is 0 Å². The Balaban J connectivity index is 1.57. The van der Waals surface area contributed by atoms with Crippen molar-refractivity contribution in [2.45, 2.75) is 62.1 Å². The number of amides is 2. The number of carbonyl (C=O) groups is 2. The quantitative estimate of drug-likeness (QED) is 0.797. The molecule has 0 aromatic carbocycles. The van der Waals surface area contributed by atoms with Crippen molar-refractivity contribution < 1.29 is 14.3 Å². The number of nitrogens with zero attached hydrogens (tertiary/aromatic N) is 1. The second kappa shape index (κ2) is 5.17. The molecule has 1 unspecified atom stereocenters. The van der Waals surface area contributed by atoms with Crippen LogP contribution in [0.5, 0.6) is 0 Å². The third kappa shape index (κ3) is 3.30. The van der Waals surface area contributed by atoms with Crippen molar-refractivity contribution >= 4 is 35.2 Å². The molecule has 2 amide bonds. The minimum Gasteiger partial charge on any atom is -0.444 e. The molecule has 0 bridgehead atoms. The predicted molar refractivity (Wildman–Crippen MR) is 83.9 cm³/mol. The number of carbonyl (C=O) groups excluding carboxylic acids is 2. The molecule has 1 saturated heterocycles. The van der Waals surface area contributed by atoms with Gasteiger partial charge in [0.05, 0.1) is 0 Å². The summed E-state index contributed by atoms with van der Waals surface area (Å²) in [6.07, 6.45) is 1.99. The lowest BCUT2D eigenvalue weighted by Crippen LogP contribution is -2.49. The third-order valence-corrected chi connectivity index (χ3v) is 5.42. The summed E-state index contributed by atoms with van der Waals surface area (Å²) in [6.45, 7) is 5.94. The Morgan fingerprint density at radius 2 is 1.95 bits per heavy atom. The van der Waals surface area contributed by atoms with E-state index in [4.69, 9.17) is 27.9 Å². The molecule has 4 atom stereocenters. The van der Waals surface area contributed by atoms with Gasteiger partial charge in [-0.25, -0.2) is 4.79 Å². The number of hydrogen-bond donors (Lipinski definition) is 1. The average molecular weight is 349 g/mol. The lowest BCUT2D eigenvalue weighted by Gasteiger charge is -2.29. The normalized spacial score (nSPS) is 34.9. The highest BCUT2D eigenvalue weighted by Crippen LogP contribution is 2.53. The van der Waals surface area contributed by atoms with Crippen LogP contribution in [0.3, 0.4) is 0 Å². The fraction of sp³-hybridized carbons (Fsp3) is 0.867. The first-order valence-corrected chi connectivity index (χ1v) is 8.51. The molecule has 1 heterocycles. The molecule has 0 spiro atoms. The maximum Gasteiger partial charge on any atom is 0.411 e. The van der Waals surface area contributed by atoms with Crippen LogP contribution in [0, 0.1) is 11.8 Å². The molecule has 0 aromatic rings. The molecule has 5 nitrogen and oxygen atoms in total. The van der Waals surface area contributed by atoms with E-state index in [-0.39, 0.29) is 17.9 Å². The van der Waals surface area contributed by atoms with Gasteiger partial charge in [-0.1, -0.05) is 0 Å². The smallest absolute Gasteiger partial charge is 0.411 e. The number of halogens is 2. The molecule has 124 valence electrons. The van der Waals surface area contributed by atoms with Crippen LogP contribution < -0.4 is 5.32 Å². The first-order valence-electron chi connectivity index (χ1n) is 7.75. The zero-order valence-corrected chi connectivity index (χ0v) is 14.6. The Bertz CT molecular complexity index is 504. The SMILES string of the molecule is CC(C)(C)OC(=O)N1[C@@H]2C[C@@H]2C[C@H]1C(=O)NCC1CC1(Cl)Cl. The van der Waals surface area contributed by atoms with Gasteiger partial charge in [-0.15, -0.1) is 23.2 Å². The Morgan fingerprint density at radius 1 is 1.32 bits per heavy atom. The largest absolute Gasteiger partial charge is 0.444 e. The van der Waals surface area contributed by atoms with Crippen LogP contribution in [0.15, 0.2) is 0 Å². The average Bonchev–Trinajstić information content (AvgIpc) is 3.20. The van der Waals surface area contributed by atoms with E-state index in [1.54, 1.807) is 4.90 Å². The van der Waals surface area contributed by atoms with E-state index in [0.717, 1.165) is 6.42 Å². The fourth-order valence-corrected chi connectivity index (χ4v) is 3.63. The van der Waals surface area contributed by atoms with Crippen molar-refractivity contribution in [2.75, 3.05) is 6.54 Å². The molecular weight excluding hydrogens is 327 g/mol. The number of likely N-dealkylation sites (tertiary alicyclic amines) is 1. The van der Waals surface area contributed by atoms with E-state index < -0.39 is 22.1 Å². The van der Waals surface area contributed by atoms with E-state index in [9.17, 15) is 9.59 Å². The Kier molecular flexibility index (Phi) is 3.80. The number of alkyl halides is 2. The van der Waals surface area contributed by atoms with E-state index in [1.807, 2.05) is 20.8 Å². The van der Waals surface area contributed by atoms with Gasteiger partial charge in [0.2, 0.25) is 5.91 Å². The number of rotatable bonds is 3. The second-order valence-corrected chi connectivity index (χ2v) is 9.15. The van der Waals surface area contributed by atoms with Gasteiger partial charge in [0, 0.05) is 18.5 Å². The molecule has 3 fully saturated rings. The lowest BCUT2D eigenvalue weighted by molar-refractivity contribution is -0.126. The van der Waals surface area contributed by atoms with Crippen LogP contribution in [-0.4, -0.2) is 45.5 Å². The maximum absolute atomic E-state index is 12.4. The molecular formula is C15H22Cl2N2O3. The number of hydrogen-bond acceptors (Lipinski definition) is 3. The fourth-order valence-electron chi connectivity index (χ4n) is 3.10. The molecule has 0 aromatic heterocycles. The third-order valence-electron chi connectivity index (χ3n) is 4.49. The van der Waals surface area contributed by atoms with Crippen LogP contribution >= 0.6 is 23.2 Å². The molecule has 0 radical (unpaired) electrons. The molecule has 2 saturated carbocycles. The molecule has 3 aliphatic rings. The van der Waals surface area contributed by atoms with Gasteiger partial charge in [0.25, 0.3) is 0 Å². The number of fused-ring (bicyclic) bond motifs is 1. The zero-order valence-electron chi connectivity index (χ0n) is 13.1. The Morgan fingerprint density at radius 3 is 2.50 bits per heavy atom. The summed E-state index contributed by atoms with van der Waals surface area (Å²) in [5.74, 6) is 0.407. The standard InChI is InChI=1S/C15H22Cl2N2O3/c1-14(2,3)22-13(21)19-10-4-8(10)5-11(19)12(20)18-7-9-6-15(9,16)17/h8-11H,4-7H2,1-3H3,(H,18,20)/t8-,9?,10-,11+/m1/s1. The van der Waals surface area contributed by atoms with Crippen molar-refractivity contribution in [3.63, 3.8) is 0 Å². The number of piperidine rings is 1. The van der Waals surface area contributed by atoms with Gasteiger partial charge in [-0.2, -0.15) is 0 Å². The van der Waals surface area contributed by atoms with E-state index in [2.05, 4.69) is 5.32 Å². The van der Waals surface area contributed by atoms with Crippen LogP contribution in [0.25, 0.3) is 0 Å². The van der Waals surface area contributed by atoms with Crippen LogP contribution in [0.1, 0.15) is 40.0 Å². The second-order valence-electron chi connectivity index (χ2n) is 7.61. The highest BCUT2D eigenvalue weighted by atomic mass is 35.5. The highest BCUT2D eigenvalue weighted by molar-refractivity contribution is 6.50.